The number of hydrazone groups is 1. The van der Waals surface area contributed by atoms with Crippen LogP contribution >= 0.6 is 0 Å². The normalized spacial score (nSPS) is 19.4. The maximum absolute atomic E-state index is 12.9. The standard InChI is InChI=1S/C21H21F3N6O3/c1-12-3-5-14(6-4-12)17-16(29-7-8-33-20(29)32)11-30(28-17)19(31)27-13(2)15-9-25-18(26-10-15)21(22,23)24/h3-6,9-10,13,16H,7-8,11H2,1-2H3,(H,27,31)/t13-,16+/m1/s1. The van der Waals surface area contributed by atoms with Crippen molar-refractivity contribution in [2.75, 3.05) is 19.7 Å². The van der Waals surface area contributed by atoms with Crippen molar-refractivity contribution in [3.63, 3.8) is 0 Å². The summed E-state index contributed by atoms with van der Waals surface area (Å²) >= 11 is 0. The molecule has 33 heavy (non-hydrogen) atoms. The number of cyclic esters (lactones) is 1. The Kier molecular flexibility index (Phi) is 5.91. The lowest BCUT2D eigenvalue weighted by molar-refractivity contribution is -0.145. The zero-order valence-corrected chi connectivity index (χ0v) is 17.8. The molecule has 9 nitrogen and oxygen atoms in total. The lowest BCUT2D eigenvalue weighted by Gasteiger charge is -2.23. The van der Waals surface area contributed by atoms with E-state index < -0.39 is 36.2 Å². The zero-order chi connectivity index (χ0) is 23.8. The van der Waals surface area contributed by atoms with Gasteiger partial charge in [0.15, 0.2) is 0 Å². The third-order valence-corrected chi connectivity index (χ3v) is 5.41. The number of hydrogen-bond donors (Lipinski definition) is 1. The third kappa shape index (κ3) is 4.73. The number of urea groups is 1. The number of aromatic nitrogens is 2. The van der Waals surface area contributed by atoms with Crippen LogP contribution in [0.3, 0.4) is 0 Å². The van der Waals surface area contributed by atoms with Crippen LogP contribution in [0.5, 0.6) is 0 Å². The second-order valence-corrected chi connectivity index (χ2v) is 7.77. The van der Waals surface area contributed by atoms with Gasteiger partial charge in [-0.3, -0.25) is 4.90 Å². The number of alkyl halides is 3. The maximum Gasteiger partial charge on any atom is 0.451 e. The van der Waals surface area contributed by atoms with E-state index in [0.717, 1.165) is 23.5 Å². The van der Waals surface area contributed by atoms with Crippen LogP contribution in [-0.2, 0) is 10.9 Å². The molecule has 2 aromatic rings. The average Bonchev–Trinajstić information content (AvgIpc) is 3.40. The number of benzene rings is 1. The van der Waals surface area contributed by atoms with Gasteiger partial charge in [0.1, 0.15) is 6.61 Å². The Hall–Kier alpha value is -3.70. The molecule has 0 spiro atoms. The molecule has 1 saturated heterocycles. The molecular formula is C21H21F3N6O3. The first-order valence-corrected chi connectivity index (χ1v) is 10.2. The molecule has 2 aliphatic heterocycles. The Balaban J connectivity index is 1.52. The first kappa shape index (κ1) is 22.5. The molecule has 2 aliphatic rings. The molecule has 0 unspecified atom stereocenters. The topological polar surface area (TPSA) is 100 Å². The summed E-state index contributed by atoms with van der Waals surface area (Å²) in [7, 11) is 0. The minimum Gasteiger partial charge on any atom is -0.448 e. The van der Waals surface area contributed by atoms with Crippen LogP contribution in [-0.4, -0.2) is 63.5 Å². The minimum absolute atomic E-state index is 0.111. The second kappa shape index (κ2) is 8.68. The number of nitrogens with one attached hydrogen (secondary N) is 1. The first-order chi connectivity index (χ1) is 15.6. The van der Waals surface area contributed by atoms with E-state index in [1.165, 1.54) is 9.91 Å². The van der Waals surface area contributed by atoms with Gasteiger partial charge in [-0.25, -0.2) is 24.6 Å². The number of nitrogens with zero attached hydrogens (tertiary/aromatic N) is 5. The highest BCUT2D eigenvalue weighted by molar-refractivity contribution is 6.07. The number of halogens is 3. The molecule has 1 aromatic heterocycles. The summed E-state index contributed by atoms with van der Waals surface area (Å²) in [5.41, 5.74) is 2.67. The Morgan fingerprint density at radius 3 is 2.45 bits per heavy atom. The molecule has 2 atom stereocenters. The van der Waals surface area contributed by atoms with E-state index in [-0.39, 0.29) is 13.2 Å². The van der Waals surface area contributed by atoms with Crippen molar-refractivity contribution in [1.29, 1.82) is 0 Å². The summed E-state index contributed by atoms with van der Waals surface area (Å²) in [4.78, 5) is 33.2. The molecular weight excluding hydrogens is 441 g/mol. The van der Waals surface area contributed by atoms with Crippen molar-refractivity contribution in [2.45, 2.75) is 32.1 Å². The van der Waals surface area contributed by atoms with E-state index in [2.05, 4.69) is 20.4 Å². The van der Waals surface area contributed by atoms with Crippen LogP contribution in [0.2, 0.25) is 0 Å². The lowest BCUT2D eigenvalue weighted by atomic mass is 10.0. The molecule has 1 fully saturated rings. The van der Waals surface area contributed by atoms with E-state index in [1.54, 1.807) is 6.92 Å². The van der Waals surface area contributed by atoms with Gasteiger partial charge in [0.05, 0.1) is 30.9 Å². The van der Waals surface area contributed by atoms with Crippen LogP contribution in [0.15, 0.2) is 41.8 Å². The SMILES string of the molecule is Cc1ccc(C2=NN(C(=O)N[C@H](C)c3cnc(C(F)(F)F)nc3)C[C@@H]2N2CCOC2=O)cc1. The zero-order valence-electron chi connectivity index (χ0n) is 17.8. The van der Waals surface area contributed by atoms with Gasteiger partial charge in [-0.05, 0) is 19.4 Å². The second-order valence-electron chi connectivity index (χ2n) is 7.77. The molecule has 0 saturated carbocycles. The van der Waals surface area contributed by atoms with Crippen molar-refractivity contribution in [1.82, 2.24) is 25.2 Å². The van der Waals surface area contributed by atoms with Crippen molar-refractivity contribution in [2.24, 2.45) is 5.10 Å². The molecule has 4 rings (SSSR count). The predicted molar refractivity (Wildman–Crippen MR) is 110 cm³/mol. The number of ether oxygens (including phenoxy) is 1. The molecule has 1 N–H and O–H groups in total. The van der Waals surface area contributed by atoms with E-state index in [0.29, 0.717) is 17.8 Å². The Labute approximate surface area is 187 Å². The summed E-state index contributed by atoms with van der Waals surface area (Å²) in [6.45, 7) is 4.29. The molecule has 0 radical (unpaired) electrons. The smallest absolute Gasteiger partial charge is 0.448 e. The fourth-order valence-electron chi connectivity index (χ4n) is 3.58. The highest BCUT2D eigenvalue weighted by Gasteiger charge is 2.40. The predicted octanol–water partition coefficient (Wildman–Crippen LogP) is 3.12. The monoisotopic (exact) mass is 462 g/mol. The molecule has 3 amide bonds. The fourth-order valence-corrected chi connectivity index (χ4v) is 3.58. The molecule has 12 heteroatoms. The summed E-state index contributed by atoms with van der Waals surface area (Å²) in [5, 5.41) is 8.34. The van der Waals surface area contributed by atoms with Gasteiger partial charge < -0.3 is 10.1 Å². The number of carbonyl (C=O) groups is 2. The maximum atomic E-state index is 12.9. The van der Waals surface area contributed by atoms with Crippen LogP contribution in [0.1, 0.15) is 35.5 Å². The molecule has 1 aromatic carbocycles. The van der Waals surface area contributed by atoms with Crippen molar-refractivity contribution < 1.29 is 27.5 Å². The van der Waals surface area contributed by atoms with Gasteiger partial charge >= 0.3 is 18.3 Å². The van der Waals surface area contributed by atoms with Gasteiger partial charge in [-0.2, -0.15) is 18.3 Å². The van der Waals surface area contributed by atoms with Crippen LogP contribution in [0.25, 0.3) is 0 Å². The van der Waals surface area contributed by atoms with Crippen LogP contribution < -0.4 is 5.32 Å². The number of amides is 3. The molecule has 0 aliphatic carbocycles. The molecule has 0 bridgehead atoms. The summed E-state index contributed by atoms with van der Waals surface area (Å²) < 4.78 is 43.1. The quantitative estimate of drug-likeness (QED) is 0.753. The fraction of sp³-hybridized carbons (Fsp3) is 0.381. The molecule has 174 valence electrons. The Bertz CT molecular complexity index is 1070. The van der Waals surface area contributed by atoms with Crippen molar-refractivity contribution >= 4 is 17.8 Å². The largest absolute Gasteiger partial charge is 0.451 e. The van der Waals surface area contributed by atoms with E-state index in [4.69, 9.17) is 4.74 Å². The lowest BCUT2D eigenvalue weighted by Crippen LogP contribution is -2.46. The van der Waals surface area contributed by atoms with E-state index in [9.17, 15) is 22.8 Å². The summed E-state index contributed by atoms with van der Waals surface area (Å²) in [5.74, 6) is -1.25. The number of carbonyl (C=O) groups excluding carboxylic acids is 2. The van der Waals surface area contributed by atoms with Crippen molar-refractivity contribution in [3.05, 3.63) is 59.2 Å². The first-order valence-electron chi connectivity index (χ1n) is 10.2. The summed E-state index contributed by atoms with van der Waals surface area (Å²) in [6, 6.07) is 5.83. The van der Waals surface area contributed by atoms with E-state index in [1.807, 2.05) is 31.2 Å². The van der Waals surface area contributed by atoms with Gasteiger partial charge in [-0.1, -0.05) is 29.8 Å². The van der Waals surface area contributed by atoms with E-state index >= 15 is 0 Å². The van der Waals surface area contributed by atoms with Gasteiger partial charge in [0, 0.05) is 18.0 Å². The average molecular weight is 462 g/mol. The minimum atomic E-state index is -4.65. The van der Waals surface area contributed by atoms with Crippen LogP contribution in [0, 0.1) is 6.92 Å². The number of aryl methyl sites for hydroxylation is 1. The van der Waals surface area contributed by atoms with Crippen LogP contribution in [0.4, 0.5) is 22.8 Å². The van der Waals surface area contributed by atoms with Gasteiger partial charge in [-0.15, -0.1) is 0 Å². The van der Waals surface area contributed by atoms with Gasteiger partial charge in [0.25, 0.3) is 0 Å². The number of hydrogen-bond acceptors (Lipinski definition) is 6. The number of rotatable bonds is 4. The third-order valence-electron chi connectivity index (χ3n) is 5.41. The Morgan fingerprint density at radius 2 is 1.88 bits per heavy atom. The molecule has 3 heterocycles. The van der Waals surface area contributed by atoms with Gasteiger partial charge in [0.2, 0.25) is 5.82 Å². The highest BCUT2D eigenvalue weighted by Crippen LogP contribution is 2.26. The highest BCUT2D eigenvalue weighted by atomic mass is 19.4. The summed E-state index contributed by atoms with van der Waals surface area (Å²) in [6.07, 6.45) is -3.07. The Morgan fingerprint density at radius 1 is 1.21 bits per heavy atom. The van der Waals surface area contributed by atoms with Crippen molar-refractivity contribution in [3.8, 4) is 0 Å².